The maximum Gasteiger partial charge on any atom is 1.00 e. The number of halogens is 18. The summed E-state index contributed by atoms with van der Waals surface area (Å²) in [4.78, 5) is 8.90. The molecule has 18 rings (SSSR count). The number of carboxylic acids is 1. The molecule has 0 amide bonds. The van der Waals surface area contributed by atoms with Gasteiger partial charge in [0.15, 0.2) is 0 Å². The number of benzene rings is 12. The smallest absolute Gasteiger partial charge is 0.870 e. The Kier molecular flexibility index (Phi) is 43.7. The van der Waals surface area contributed by atoms with Crippen molar-refractivity contribution in [3.8, 4) is 66.8 Å². The fourth-order valence-electron chi connectivity index (χ4n) is 17.5. The molecular weight excluding hydrogens is 2980 g/mol. The van der Waals surface area contributed by atoms with Crippen LogP contribution in [0.5, 0.6) is 0 Å². The normalized spacial score (nSPS) is 13.0. The van der Waals surface area contributed by atoms with E-state index in [-0.39, 0.29) is 62.3 Å². The van der Waals surface area contributed by atoms with Crippen LogP contribution in [0.2, 0.25) is 78.6 Å². The fraction of sp³-hybridized carbons (Fsp3) is 0.318. The van der Waals surface area contributed by atoms with Gasteiger partial charge in [0.05, 0.1) is 32.3 Å². The molecule has 0 radical (unpaired) electrons. The molecule has 3 nitrogen and oxygen atoms in total. The molecule has 26 heteroatoms. The molecule has 133 heavy (non-hydrogen) atoms. The molecule has 0 saturated carbocycles. The summed E-state index contributed by atoms with van der Waals surface area (Å²) in [6.45, 7) is 43.0. The van der Waals surface area contributed by atoms with E-state index in [1.165, 1.54) is 230 Å². The van der Waals surface area contributed by atoms with Crippen LogP contribution in [0.25, 0.3) is 66.8 Å². The number of rotatable bonds is 12. The Bertz CT molecular complexity index is 5970. The standard InChI is InChI=1S/C23H26Br2I2.C19H24Br2Si2.C19H26Si2.C13H6Br2I2.2C13H8Br2.C5H11I.C2HF3O2.K.H2O/c1-13(2)5-7-23(8-6-14(3)4)17-9-15(26)11-19(24)21(17)22-18(23)10-16(27)12-20(22)25;1-22(2,3)14-8-12-7-13-9-15(23(4,5)6)11-17(21)19(13)18(12)16(20)10-14;1-20(2,3)16-7-9-18-14(12-16)11-15-13-17(21(4,5)6)8-10-19(15)18;14-10-4-8(16)2-6-1-7-3-9(17)5-11(15)13(7)12(6)10;14-10-1-3-12-8(6-10)5-9-7-11(15)2-4-13(9)12;14-10-5-1-3-8-7-9-4-2-6-11(15)13(9)12(8)10;1-5(2)3-4-6;3-2(4,5)1(6)7;;/h9-14H,5-8H2,1-4H3;8-11H,7H2,1-6H3;7-10,12-13H,11H2,1-6H3;2-5H,1H2;1-4,6-7H,5H2;1-6H,7H2;5H,3-4H2,1-2H3;(H,6,7);;1H2/q;;;;;;;;+1;/p-1. The zero-order valence-electron chi connectivity index (χ0n) is 78.4. The van der Waals surface area contributed by atoms with Gasteiger partial charge in [-0.15, -0.1) is 0 Å². The number of fused-ring (bicyclic) bond motifs is 18. The third-order valence-electron chi connectivity index (χ3n) is 24.5. The summed E-state index contributed by atoms with van der Waals surface area (Å²) >= 11 is 49.3. The van der Waals surface area contributed by atoms with Crippen LogP contribution in [0.3, 0.4) is 0 Å². The third-order valence-corrected chi connectivity index (χ3v) is 41.8. The number of hydrogen-bond acceptors (Lipinski definition) is 2. The average molecular weight is 3090 g/mol. The first-order chi connectivity index (χ1) is 61.1. The van der Waals surface area contributed by atoms with Crippen LogP contribution in [0.15, 0.2) is 227 Å². The number of aliphatic carboxylic acids is 1. The Hall–Kier alpha value is 0.814. The largest absolute Gasteiger partial charge is 1.00 e. The summed E-state index contributed by atoms with van der Waals surface area (Å²) in [6.07, 6.45) is 6.54. The monoisotopic (exact) mass is 3080 g/mol. The van der Waals surface area contributed by atoms with Crippen LogP contribution < -0.4 is 72.1 Å². The Labute approximate surface area is 987 Å². The molecule has 0 heterocycles. The molecule has 700 valence electrons. The number of carbonyl (C=O) groups is 1. The minimum atomic E-state index is -5.08. The maximum atomic E-state index is 10.6. The first-order valence-electron chi connectivity index (χ1n) is 44.0. The zero-order valence-corrected chi connectivity index (χ0v) is 112. The van der Waals surface area contributed by atoms with E-state index >= 15 is 0 Å². The molecule has 2 N–H and O–H groups in total. The maximum absolute atomic E-state index is 10.6. The molecule has 0 aromatic heterocycles. The second-order valence-corrected chi connectivity index (χ2v) is 74.9. The molecule has 0 spiro atoms. The van der Waals surface area contributed by atoms with Crippen molar-refractivity contribution in [3.05, 3.63) is 308 Å². The van der Waals surface area contributed by atoms with Crippen LogP contribution in [-0.4, -0.2) is 59.5 Å². The molecule has 0 bridgehead atoms. The van der Waals surface area contributed by atoms with E-state index in [4.69, 9.17) is 9.90 Å². The summed E-state index contributed by atoms with van der Waals surface area (Å²) in [6, 6.07) is 68.2. The van der Waals surface area contributed by atoms with E-state index in [0.29, 0.717) is 11.8 Å². The van der Waals surface area contributed by atoms with Gasteiger partial charge in [0.25, 0.3) is 0 Å². The third kappa shape index (κ3) is 29.4. The van der Waals surface area contributed by atoms with E-state index in [0.717, 1.165) is 47.0 Å². The van der Waals surface area contributed by atoms with E-state index in [1.54, 1.807) is 10.4 Å². The first kappa shape index (κ1) is 117. The molecule has 0 fully saturated rings. The van der Waals surface area contributed by atoms with Gasteiger partial charge in [-0.2, -0.15) is 13.2 Å². The van der Waals surface area contributed by atoms with Crippen LogP contribution in [0.1, 0.15) is 140 Å². The van der Waals surface area contributed by atoms with Gasteiger partial charge in [-0.3, -0.25) is 0 Å². The Morgan fingerprint density at radius 1 is 0.338 bits per heavy atom. The number of hydrogen-bond donors (Lipinski definition) is 1. The summed E-state index contributed by atoms with van der Waals surface area (Å²) in [5.41, 5.74) is 34.4. The Morgan fingerprint density at radius 3 is 0.887 bits per heavy atom. The van der Waals surface area contributed by atoms with Gasteiger partial charge in [-0.1, -0.05) is 408 Å². The fourth-order valence-corrected chi connectivity index (χ4v) is 34.4. The summed E-state index contributed by atoms with van der Waals surface area (Å²) in [5, 5.41) is 13.4. The second-order valence-electron chi connectivity index (χ2n) is 39.8. The molecule has 0 unspecified atom stereocenters. The van der Waals surface area contributed by atoms with Crippen molar-refractivity contribution >= 4 is 331 Å². The quantitative estimate of drug-likeness (QED) is 0.0753. The van der Waals surface area contributed by atoms with Gasteiger partial charge in [-0.05, 0) is 363 Å². The van der Waals surface area contributed by atoms with Crippen LogP contribution in [-0.2, 0) is 42.3 Å². The number of carboxylic acid groups (broad SMARTS) is 1. The van der Waals surface area contributed by atoms with Crippen LogP contribution >= 0.6 is 272 Å². The van der Waals surface area contributed by atoms with E-state index in [9.17, 15) is 13.2 Å². The van der Waals surface area contributed by atoms with Crippen LogP contribution in [0.4, 0.5) is 13.2 Å². The van der Waals surface area contributed by atoms with Gasteiger partial charge in [0.1, 0.15) is 0 Å². The SMILES string of the molecule is Brc1cc(I)cc2c1-c1c(Br)cc(I)cc1C2.Brc1ccc2c(c1)Cc1cc(Br)ccc1-2.Brc1cccc2c1-c1c(Br)cccc1C2.CC(C)CCC1(CCC(C)C)c2cc(I)cc(Br)c2-c2c(Br)cc(I)cc21.CC(C)CCI.C[Si](C)(C)c1cc(Br)c2c(c1)Cc1cc([Si](C)(C)C)cc(Br)c1-2.C[Si](C)(C)c1ccc2c(c1)Cc1cc([Si](C)(C)C)ccc1-2.O=C(O)C(F)(F)F.[K+].[OH-]. The Morgan fingerprint density at radius 2 is 0.594 bits per heavy atom. The molecule has 12 aromatic carbocycles. The van der Waals surface area contributed by atoms with Gasteiger partial charge < -0.3 is 10.6 Å². The van der Waals surface area contributed by atoms with Crippen molar-refractivity contribution in [1.29, 1.82) is 0 Å². The van der Waals surface area contributed by atoms with Crippen molar-refractivity contribution in [2.24, 2.45) is 17.8 Å². The molecule has 0 atom stereocenters. The molecular formula is C107H111Br10F3I5KO3Si4. The van der Waals surface area contributed by atoms with Crippen molar-refractivity contribution in [3.63, 3.8) is 0 Å². The van der Waals surface area contributed by atoms with Crippen LogP contribution in [0, 0.1) is 32.0 Å². The predicted octanol–water partition coefficient (Wildman–Crippen LogP) is 35.3. The van der Waals surface area contributed by atoms with Crippen molar-refractivity contribution < 1.29 is 79.9 Å². The van der Waals surface area contributed by atoms with Crippen molar-refractivity contribution in [2.75, 3.05) is 4.43 Å². The van der Waals surface area contributed by atoms with Gasteiger partial charge in [0, 0.05) is 109 Å². The Balaban J connectivity index is 0.000000176. The van der Waals surface area contributed by atoms with E-state index in [1.807, 2.05) is 0 Å². The topological polar surface area (TPSA) is 67.3 Å². The summed E-state index contributed by atoms with van der Waals surface area (Å²) in [7, 11) is -5.03. The average Bonchev–Trinajstić information content (AvgIpc) is 1.55. The van der Waals surface area contributed by atoms with Crippen molar-refractivity contribution in [2.45, 2.75) is 196 Å². The first-order valence-corrected chi connectivity index (χ1v) is 71.7. The molecule has 0 aliphatic heterocycles. The molecule has 0 saturated heterocycles. The summed E-state index contributed by atoms with van der Waals surface area (Å²) < 4.78 is 50.3. The van der Waals surface area contributed by atoms with E-state index in [2.05, 4.69) is 574 Å². The number of alkyl halides is 4. The van der Waals surface area contributed by atoms with Crippen molar-refractivity contribution in [1.82, 2.24) is 0 Å². The predicted molar refractivity (Wildman–Crippen MR) is 648 cm³/mol. The summed E-state index contributed by atoms with van der Waals surface area (Å²) in [5.74, 6) is -0.439. The molecule has 12 aromatic rings. The van der Waals surface area contributed by atoms with Gasteiger partial charge in [0.2, 0.25) is 0 Å². The van der Waals surface area contributed by atoms with Gasteiger partial charge >= 0.3 is 63.5 Å². The minimum absolute atomic E-state index is 0. The van der Waals surface area contributed by atoms with E-state index < -0.39 is 44.4 Å². The molecule has 6 aliphatic rings. The minimum Gasteiger partial charge on any atom is -0.870 e. The zero-order chi connectivity index (χ0) is 96.5. The molecule has 6 aliphatic carbocycles. The second kappa shape index (κ2) is 49.5. The van der Waals surface area contributed by atoms with Gasteiger partial charge in [-0.25, -0.2) is 4.79 Å².